The number of halogens is 5. The van der Waals surface area contributed by atoms with Crippen molar-refractivity contribution in [3.05, 3.63) is 76.8 Å². The number of carbonyl (C=O) groups is 4. The van der Waals surface area contributed by atoms with Crippen molar-refractivity contribution in [2.45, 2.75) is 51.0 Å². The summed E-state index contributed by atoms with van der Waals surface area (Å²) in [6.07, 6.45) is -0.763. The van der Waals surface area contributed by atoms with Gasteiger partial charge in [0.15, 0.2) is 17.4 Å². The Kier molecular flexibility index (Phi) is 10.9. The van der Waals surface area contributed by atoms with Crippen molar-refractivity contribution in [1.82, 2.24) is 25.9 Å². The lowest BCUT2D eigenvalue weighted by molar-refractivity contribution is -0.158. The Morgan fingerprint density at radius 3 is 2.52 bits per heavy atom. The van der Waals surface area contributed by atoms with E-state index in [4.69, 9.17) is 4.42 Å². The maximum absolute atomic E-state index is 14.1. The number of carbonyl (C=O) groups excluding carboxylic acids is 4. The highest BCUT2D eigenvalue weighted by atomic mass is 19.4. The van der Waals surface area contributed by atoms with Crippen LogP contribution in [0.3, 0.4) is 0 Å². The Bertz CT molecular complexity index is 1900. The first kappa shape index (κ1) is 35.7. The van der Waals surface area contributed by atoms with E-state index < -0.39 is 53.2 Å². The molecule has 18 heteroatoms. The lowest BCUT2D eigenvalue weighted by atomic mass is 10.0. The number of aldehydes is 1. The second-order valence-electron chi connectivity index (χ2n) is 11.3. The van der Waals surface area contributed by atoms with Gasteiger partial charge < -0.3 is 31.0 Å². The summed E-state index contributed by atoms with van der Waals surface area (Å²) in [5.41, 5.74) is 1.10. The molecule has 1 aliphatic rings. The number of rotatable bonds is 13. The van der Waals surface area contributed by atoms with Gasteiger partial charge in [0, 0.05) is 54.3 Å². The number of hydrogen-bond acceptors (Lipinski definition) is 10. The number of anilines is 3. The summed E-state index contributed by atoms with van der Waals surface area (Å²) >= 11 is 0. The Morgan fingerprint density at radius 1 is 1.08 bits per heavy atom. The normalized spacial score (nSPS) is 15.4. The Labute approximate surface area is 280 Å². The largest absolute Gasteiger partial charge is 0.455 e. The van der Waals surface area contributed by atoms with Crippen LogP contribution in [-0.2, 0) is 16.1 Å². The Hall–Kier alpha value is -5.65. The standard InChI is InChI=1S/C32H31F5N8O5/c1-16-22-10-19(33)11-23(34)27(22)50-26(16)28(32(35,36)37)45-31(49)43-21-13-41-30(42-14-21)39-8-2-7-38-20-4-3-17(15-46)18(9-20)12-40-24-5-6-25(47)44-29(24)48/h3-4,9-11,13-15,24,28,38,40H,2,5-8,12H2,1H3,(H,39,41,42)(H2,43,45,49)(H,44,47,48). The van der Waals surface area contributed by atoms with Crippen LogP contribution in [0.4, 0.5) is 44.1 Å². The van der Waals surface area contributed by atoms with Gasteiger partial charge in [-0.05, 0) is 49.6 Å². The maximum Gasteiger partial charge on any atom is 0.416 e. The third kappa shape index (κ3) is 8.68. The predicted octanol–water partition coefficient (Wildman–Crippen LogP) is 4.86. The van der Waals surface area contributed by atoms with Gasteiger partial charge in [-0.2, -0.15) is 13.2 Å². The van der Waals surface area contributed by atoms with E-state index in [0.29, 0.717) is 43.1 Å². The van der Waals surface area contributed by atoms with Gasteiger partial charge in [0.2, 0.25) is 17.8 Å². The van der Waals surface area contributed by atoms with Crippen molar-refractivity contribution in [1.29, 1.82) is 0 Å². The first-order chi connectivity index (χ1) is 23.8. The molecular formula is C32H31F5N8O5. The number of fused-ring (bicyclic) bond motifs is 1. The van der Waals surface area contributed by atoms with Gasteiger partial charge in [-0.25, -0.2) is 23.5 Å². The summed E-state index contributed by atoms with van der Waals surface area (Å²) in [5.74, 6) is -3.50. The first-order valence-corrected chi connectivity index (χ1v) is 15.3. The average molecular weight is 703 g/mol. The van der Waals surface area contributed by atoms with Crippen molar-refractivity contribution >= 4 is 52.4 Å². The van der Waals surface area contributed by atoms with E-state index in [1.54, 1.807) is 23.5 Å². The Balaban J connectivity index is 1.09. The van der Waals surface area contributed by atoms with Crippen LogP contribution >= 0.6 is 0 Å². The predicted molar refractivity (Wildman–Crippen MR) is 170 cm³/mol. The molecule has 0 spiro atoms. The number of aryl methyl sites for hydroxylation is 1. The van der Waals surface area contributed by atoms with Crippen LogP contribution in [0.25, 0.3) is 11.0 Å². The topological polar surface area (TPSA) is 179 Å². The monoisotopic (exact) mass is 702 g/mol. The van der Waals surface area contributed by atoms with E-state index in [-0.39, 0.29) is 41.5 Å². The third-order valence-electron chi connectivity index (χ3n) is 7.78. The van der Waals surface area contributed by atoms with Crippen LogP contribution in [0.5, 0.6) is 0 Å². The summed E-state index contributed by atoms with van der Waals surface area (Å²) in [4.78, 5) is 55.5. The van der Waals surface area contributed by atoms with E-state index in [1.807, 2.05) is 0 Å². The molecule has 0 bridgehead atoms. The van der Waals surface area contributed by atoms with Crippen LogP contribution in [0, 0.1) is 18.6 Å². The minimum Gasteiger partial charge on any atom is -0.455 e. The number of urea groups is 1. The fraction of sp³-hybridized carbons (Fsp3) is 0.312. The molecule has 2 aromatic carbocycles. The van der Waals surface area contributed by atoms with Gasteiger partial charge in [0.1, 0.15) is 17.9 Å². The quantitative estimate of drug-likeness (QED) is 0.0488. The van der Waals surface area contributed by atoms with E-state index >= 15 is 0 Å². The van der Waals surface area contributed by atoms with Gasteiger partial charge in [-0.1, -0.05) is 0 Å². The van der Waals surface area contributed by atoms with Gasteiger partial charge in [0.05, 0.1) is 24.1 Å². The molecule has 3 heterocycles. The van der Waals surface area contributed by atoms with Crippen molar-refractivity contribution in [3.63, 3.8) is 0 Å². The molecule has 2 aromatic heterocycles. The van der Waals surface area contributed by atoms with E-state index in [2.05, 4.69) is 36.6 Å². The number of hydrogen-bond donors (Lipinski definition) is 6. The minimum absolute atomic E-state index is 0.0215. The van der Waals surface area contributed by atoms with Crippen LogP contribution in [0.2, 0.25) is 0 Å². The molecule has 1 saturated heterocycles. The number of aromatic nitrogens is 2. The molecular weight excluding hydrogens is 671 g/mol. The van der Waals surface area contributed by atoms with Crippen molar-refractivity contribution in [2.24, 2.45) is 0 Å². The number of furan rings is 1. The molecule has 0 radical (unpaired) electrons. The molecule has 5 rings (SSSR count). The molecule has 4 amide bonds. The smallest absolute Gasteiger partial charge is 0.416 e. The number of amides is 4. The molecule has 0 saturated carbocycles. The molecule has 2 atom stereocenters. The summed E-state index contributed by atoms with van der Waals surface area (Å²) in [7, 11) is 0. The first-order valence-electron chi connectivity index (χ1n) is 15.3. The second-order valence-corrected chi connectivity index (χ2v) is 11.3. The fourth-order valence-corrected chi connectivity index (χ4v) is 5.24. The highest BCUT2D eigenvalue weighted by Crippen LogP contribution is 2.39. The van der Waals surface area contributed by atoms with Crippen molar-refractivity contribution < 1.29 is 45.5 Å². The minimum atomic E-state index is -5.04. The molecule has 1 fully saturated rings. The van der Waals surface area contributed by atoms with Crippen LogP contribution in [0.15, 0.2) is 47.1 Å². The molecule has 0 aliphatic carbocycles. The highest BCUT2D eigenvalue weighted by molar-refractivity contribution is 6.00. The SMILES string of the molecule is Cc1c(C(NC(=O)Nc2cnc(NCCCNc3ccc(C=O)c(CNC4CCC(=O)NC4=O)c3)nc2)C(F)(F)F)oc2c(F)cc(F)cc12. The zero-order chi connectivity index (χ0) is 36.0. The lowest BCUT2D eigenvalue weighted by Gasteiger charge is -2.22. The Morgan fingerprint density at radius 2 is 1.82 bits per heavy atom. The molecule has 6 N–H and O–H groups in total. The number of nitrogens with zero attached hydrogens (tertiary/aromatic N) is 2. The number of imide groups is 1. The number of piperidine rings is 1. The highest BCUT2D eigenvalue weighted by Gasteiger charge is 2.45. The molecule has 1 aliphatic heterocycles. The van der Waals surface area contributed by atoms with Gasteiger partial charge in [-0.15, -0.1) is 0 Å². The van der Waals surface area contributed by atoms with Gasteiger partial charge in [0.25, 0.3) is 0 Å². The van der Waals surface area contributed by atoms with Crippen molar-refractivity contribution in [2.75, 3.05) is 29.0 Å². The van der Waals surface area contributed by atoms with Gasteiger partial charge >= 0.3 is 12.2 Å². The second kappa shape index (κ2) is 15.3. The van der Waals surface area contributed by atoms with Crippen LogP contribution in [0.1, 0.15) is 52.5 Å². The molecule has 2 unspecified atom stereocenters. The van der Waals surface area contributed by atoms with Crippen LogP contribution in [-0.4, -0.2) is 59.4 Å². The number of alkyl halides is 3. The van der Waals surface area contributed by atoms with Crippen LogP contribution < -0.4 is 31.9 Å². The zero-order valence-electron chi connectivity index (χ0n) is 26.3. The summed E-state index contributed by atoms with van der Waals surface area (Å²) in [6.45, 7) is 2.38. The van der Waals surface area contributed by atoms with Gasteiger partial charge in [-0.3, -0.25) is 19.7 Å². The van der Waals surface area contributed by atoms with E-state index in [1.165, 1.54) is 19.3 Å². The lowest BCUT2D eigenvalue weighted by Crippen LogP contribution is -2.50. The molecule has 264 valence electrons. The average Bonchev–Trinajstić information content (AvgIpc) is 3.39. The van der Waals surface area contributed by atoms with E-state index in [0.717, 1.165) is 18.0 Å². The van der Waals surface area contributed by atoms with Crippen molar-refractivity contribution in [3.8, 4) is 0 Å². The summed E-state index contributed by atoms with van der Waals surface area (Å²) in [5, 5.41) is 15.3. The maximum atomic E-state index is 14.1. The molecule has 50 heavy (non-hydrogen) atoms. The van der Waals surface area contributed by atoms with E-state index in [9.17, 15) is 41.1 Å². The fourth-order valence-electron chi connectivity index (χ4n) is 5.24. The number of nitrogens with one attached hydrogen (secondary N) is 6. The molecule has 13 nitrogen and oxygen atoms in total. The zero-order valence-corrected chi connectivity index (χ0v) is 26.3. The summed E-state index contributed by atoms with van der Waals surface area (Å²) in [6, 6.07) is 2.03. The summed E-state index contributed by atoms with van der Waals surface area (Å²) < 4.78 is 74.7. The number of benzene rings is 2. The third-order valence-corrected chi connectivity index (χ3v) is 7.78. The molecule has 4 aromatic rings.